The molecule has 0 amide bonds. The Kier molecular flexibility index (Phi) is 3.61. The van der Waals surface area contributed by atoms with Crippen LogP contribution < -0.4 is 10.6 Å². The number of aryl methyl sites for hydroxylation is 1. The molecule has 104 valence electrons. The van der Waals surface area contributed by atoms with Crippen molar-refractivity contribution in [2.24, 2.45) is 0 Å². The van der Waals surface area contributed by atoms with Crippen molar-refractivity contribution in [3.63, 3.8) is 0 Å². The molecule has 3 nitrogen and oxygen atoms in total. The average Bonchev–Trinajstić information content (AvgIpc) is 2.48. The maximum Gasteiger partial charge on any atom is 0.0964 e. The average molecular weight is 268 g/mol. The van der Waals surface area contributed by atoms with E-state index in [0.29, 0.717) is 6.54 Å². The maximum atomic E-state index is 10.4. The van der Waals surface area contributed by atoms with Crippen molar-refractivity contribution in [1.82, 2.24) is 0 Å². The second-order valence-electron chi connectivity index (χ2n) is 5.36. The Labute approximate surface area is 119 Å². The molecule has 2 aromatic carbocycles. The lowest BCUT2D eigenvalue weighted by Crippen LogP contribution is -2.33. The summed E-state index contributed by atoms with van der Waals surface area (Å²) in [6, 6.07) is 15.9. The summed E-state index contributed by atoms with van der Waals surface area (Å²) in [5.74, 6) is 0. The zero-order valence-corrected chi connectivity index (χ0v) is 11.5. The van der Waals surface area contributed by atoms with Gasteiger partial charge in [-0.05, 0) is 42.2 Å². The van der Waals surface area contributed by atoms with Crippen LogP contribution >= 0.6 is 0 Å². The van der Waals surface area contributed by atoms with Crippen LogP contribution in [0.2, 0.25) is 0 Å². The molecule has 1 aliphatic rings. The molecule has 3 N–H and O–H groups in total. The van der Waals surface area contributed by atoms with Gasteiger partial charge in [0.05, 0.1) is 6.10 Å². The van der Waals surface area contributed by atoms with Crippen molar-refractivity contribution in [1.29, 1.82) is 0 Å². The van der Waals surface area contributed by atoms with Gasteiger partial charge in [0.1, 0.15) is 0 Å². The first-order valence-corrected chi connectivity index (χ1v) is 7.10. The molecule has 0 saturated heterocycles. The van der Waals surface area contributed by atoms with E-state index in [4.69, 9.17) is 5.73 Å². The fourth-order valence-electron chi connectivity index (χ4n) is 2.83. The molecule has 3 heteroatoms. The monoisotopic (exact) mass is 268 g/mol. The van der Waals surface area contributed by atoms with Crippen molar-refractivity contribution in [2.45, 2.75) is 18.9 Å². The molecule has 20 heavy (non-hydrogen) atoms. The van der Waals surface area contributed by atoms with Gasteiger partial charge in [0, 0.05) is 24.5 Å². The normalized spacial score (nSPS) is 15.8. The number of benzene rings is 2. The van der Waals surface area contributed by atoms with E-state index in [1.54, 1.807) is 0 Å². The molecule has 1 unspecified atom stereocenters. The Balaban J connectivity index is 1.77. The van der Waals surface area contributed by atoms with Crippen molar-refractivity contribution < 1.29 is 5.11 Å². The molecule has 0 fully saturated rings. The summed E-state index contributed by atoms with van der Waals surface area (Å²) in [5.41, 5.74) is 9.96. The molecule has 0 aliphatic carbocycles. The van der Waals surface area contributed by atoms with Gasteiger partial charge in [-0.3, -0.25) is 0 Å². The number of para-hydroxylation sites is 1. The van der Waals surface area contributed by atoms with Crippen LogP contribution in [0.3, 0.4) is 0 Å². The minimum atomic E-state index is -0.484. The summed E-state index contributed by atoms with van der Waals surface area (Å²) in [6.07, 6.45) is 1.79. The van der Waals surface area contributed by atoms with E-state index in [-0.39, 0.29) is 0 Å². The summed E-state index contributed by atoms with van der Waals surface area (Å²) in [4.78, 5) is 2.28. The van der Waals surface area contributed by atoms with Gasteiger partial charge in [-0.25, -0.2) is 0 Å². The summed E-state index contributed by atoms with van der Waals surface area (Å²) < 4.78 is 0. The van der Waals surface area contributed by atoms with Crippen LogP contribution in [0.5, 0.6) is 0 Å². The summed E-state index contributed by atoms with van der Waals surface area (Å²) >= 11 is 0. The standard InChI is InChI=1S/C17H20N2O/c18-15-9-7-14(8-10-15)17(20)12-19-11-3-5-13-4-1-2-6-16(13)19/h1-2,4,6-10,17,20H,3,5,11-12,18H2. The molecule has 0 spiro atoms. The quantitative estimate of drug-likeness (QED) is 0.842. The lowest BCUT2D eigenvalue weighted by atomic mass is 10.0. The topological polar surface area (TPSA) is 49.5 Å². The van der Waals surface area contributed by atoms with E-state index in [9.17, 15) is 5.11 Å². The smallest absolute Gasteiger partial charge is 0.0964 e. The third-order valence-corrected chi connectivity index (χ3v) is 3.92. The number of fused-ring (bicyclic) bond motifs is 1. The molecule has 1 aliphatic heterocycles. The van der Waals surface area contributed by atoms with Crippen LogP contribution in [0.1, 0.15) is 23.7 Å². The van der Waals surface area contributed by atoms with Crippen LogP contribution in [-0.4, -0.2) is 18.2 Å². The highest BCUT2D eigenvalue weighted by molar-refractivity contribution is 5.55. The Morgan fingerprint density at radius 3 is 2.65 bits per heavy atom. The maximum absolute atomic E-state index is 10.4. The first-order chi connectivity index (χ1) is 9.74. The van der Waals surface area contributed by atoms with Crippen molar-refractivity contribution in [3.8, 4) is 0 Å². The fourth-order valence-corrected chi connectivity index (χ4v) is 2.83. The van der Waals surface area contributed by atoms with Crippen molar-refractivity contribution in [3.05, 3.63) is 59.7 Å². The van der Waals surface area contributed by atoms with Gasteiger partial charge < -0.3 is 15.7 Å². The zero-order valence-electron chi connectivity index (χ0n) is 11.5. The number of rotatable bonds is 3. The Morgan fingerprint density at radius 1 is 1.10 bits per heavy atom. The summed E-state index contributed by atoms with van der Waals surface area (Å²) in [6.45, 7) is 1.63. The number of aliphatic hydroxyl groups is 1. The van der Waals surface area contributed by atoms with Gasteiger partial charge in [0.2, 0.25) is 0 Å². The molecule has 1 atom stereocenters. The van der Waals surface area contributed by atoms with Gasteiger partial charge in [-0.15, -0.1) is 0 Å². The third kappa shape index (κ3) is 2.63. The van der Waals surface area contributed by atoms with E-state index in [1.807, 2.05) is 24.3 Å². The zero-order chi connectivity index (χ0) is 13.9. The Bertz CT molecular complexity index is 580. The molecule has 2 aromatic rings. The minimum Gasteiger partial charge on any atom is -0.399 e. The lowest BCUT2D eigenvalue weighted by Gasteiger charge is -2.33. The number of hydrogen-bond acceptors (Lipinski definition) is 3. The SMILES string of the molecule is Nc1ccc(C(O)CN2CCCc3ccccc32)cc1. The number of hydrogen-bond donors (Lipinski definition) is 2. The van der Waals surface area contributed by atoms with Gasteiger partial charge in [0.15, 0.2) is 0 Å². The molecule has 0 bridgehead atoms. The van der Waals surface area contributed by atoms with Crippen LogP contribution in [0.25, 0.3) is 0 Å². The number of anilines is 2. The molecule has 3 rings (SSSR count). The van der Waals surface area contributed by atoms with E-state index in [0.717, 1.165) is 30.6 Å². The predicted octanol–water partition coefficient (Wildman–Crippen LogP) is 2.76. The fraction of sp³-hybridized carbons (Fsp3) is 0.294. The number of nitrogens with zero attached hydrogens (tertiary/aromatic N) is 1. The largest absolute Gasteiger partial charge is 0.399 e. The predicted molar refractivity (Wildman–Crippen MR) is 82.8 cm³/mol. The van der Waals surface area contributed by atoms with Crippen molar-refractivity contribution >= 4 is 11.4 Å². The number of aliphatic hydroxyl groups excluding tert-OH is 1. The molecule has 0 radical (unpaired) electrons. The van der Waals surface area contributed by atoms with Crippen LogP contribution in [0, 0.1) is 0 Å². The van der Waals surface area contributed by atoms with E-state index in [1.165, 1.54) is 11.3 Å². The van der Waals surface area contributed by atoms with E-state index in [2.05, 4.69) is 29.2 Å². The van der Waals surface area contributed by atoms with Crippen molar-refractivity contribution in [2.75, 3.05) is 23.7 Å². The summed E-state index contributed by atoms with van der Waals surface area (Å²) in [5, 5.41) is 10.4. The Hall–Kier alpha value is -2.00. The second-order valence-corrected chi connectivity index (χ2v) is 5.36. The van der Waals surface area contributed by atoms with Gasteiger partial charge in [0.25, 0.3) is 0 Å². The van der Waals surface area contributed by atoms with Gasteiger partial charge >= 0.3 is 0 Å². The lowest BCUT2D eigenvalue weighted by molar-refractivity contribution is 0.183. The molecular weight excluding hydrogens is 248 g/mol. The molecular formula is C17H20N2O. The number of β-amino-alcohol motifs (C(OH)–C–C–N with tert-alkyl or cyclic N) is 1. The number of nitrogen functional groups attached to an aromatic ring is 1. The van der Waals surface area contributed by atoms with Gasteiger partial charge in [-0.2, -0.15) is 0 Å². The highest BCUT2D eigenvalue weighted by Gasteiger charge is 2.19. The molecule has 0 aromatic heterocycles. The van der Waals surface area contributed by atoms with Crippen LogP contribution in [-0.2, 0) is 6.42 Å². The molecule has 0 saturated carbocycles. The second kappa shape index (κ2) is 5.55. The van der Waals surface area contributed by atoms with E-state index >= 15 is 0 Å². The third-order valence-electron chi connectivity index (χ3n) is 3.92. The Morgan fingerprint density at radius 2 is 1.85 bits per heavy atom. The number of nitrogens with two attached hydrogens (primary N) is 1. The minimum absolute atomic E-state index is 0.484. The van der Waals surface area contributed by atoms with Gasteiger partial charge in [-0.1, -0.05) is 30.3 Å². The first kappa shape index (κ1) is 13.0. The van der Waals surface area contributed by atoms with Crippen LogP contribution in [0.15, 0.2) is 48.5 Å². The molecule has 1 heterocycles. The first-order valence-electron chi connectivity index (χ1n) is 7.10. The highest BCUT2D eigenvalue weighted by Crippen LogP contribution is 2.28. The van der Waals surface area contributed by atoms with E-state index < -0.39 is 6.10 Å². The summed E-state index contributed by atoms with van der Waals surface area (Å²) in [7, 11) is 0. The highest BCUT2D eigenvalue weighted by atomic mass is 16.3. The van der Waals surface area contributed by atoms with Crippen LogP contribution in [0.4, 0.5) is 11.4 Å².